The van der Waals surface area contributed by atoms with Gasteiger partial charge in [-0.05, 0) is 55.9 Å². The summed E-state index contributed by atoms with van der Waals surface area (Å²) in [4.78, 5) is 0. The van der Waals surface area contributed by atoms with Crippen LogP contribution in [0.3, 0.4) is 0 Å². The number of hydrogen-bond donors (Lipinski definition) is 0. The fraction of sp³-hybridized carbons (Fsp3) is 0.0303. The van der Waals surface area contributed by atoms with E-state index in [4.69, 9.17) is 4.42 Å². The van der Waals surface area contributed by atoms with Gasteiger partial charge >= 0.3 is 0 Å². The Bertz CT molecular complexity index is 1820. The highest BCUT2D eigenvalue weighted by Gasteiger charge is 2.13. The number of para-hydroxylation sites is 1. The molecular formula is C33H22O. The third-order valence-electron chi connectivity index (χ3n) is 6.90. The van der Waals surface area contributed by atoms with E-state index < -0.39 is 0 Å². The summed E-state index contributed by atoms with van der Waals surface area (Å²) in [7, 11) is 0. The summed E-state index contributed by atoms with van der Waals surface area (Å²) in [5.41, 5.74) is 6.93. The molecule has 0 fully saturated rings. The van der Waals surface area contributed by atoms with Gasteiger partial charge in [0.2, 0.25) is 0 Å². The van der Waals surface area contributed by atoms with E-state index in [-0.39, 0.29) is 0 Å². The normalized spacial score (nSPS) is 11.6. The molecule has 0 bridgehead atoms. The van der Waals surface area contributed by atoms with Crippen molar-refractivity contribution in [2.75, 3.05) is 0 Å². The van der Waals surface area contributed by atoms with Crippen molar-refractivity contribution >= 4 is 43.5 Å². The van der Waals surface area contributed by atoms with E-state index in [1.807, 2.05) is 0 Å². The summed E-state index contributed by atoms with van der Waals surface area (Å²) in [6, 6.07) is 43.4. The molecule has 0 unspecified atom stereocenters. The van der Waals surface area contributed by atoms with Crippen LogP contribution in [0.5, 0.6) is 0 Å². The topological polar surface area (TPSA) is 13.1 Å². The zero-order valence-corrected chi connectivity index (χ0v) is 18.7. The Kier molecular flexibility index (Phi) is 4.28. The Hall–Kier alpha value is -4.36. The minimum Gasteiger partial charge on any atom is -0.456 e. The molecule has 1 aromatic heterocycles. The number of fused-ring (bicyclic) bond motifs is 6. The first kappa shape index (κ1) is 19.1. The summed E-state index contributed by atoms with van der Waals surface area (Å²) in [5, 5.41) is 7.43. The molecule has 160 valence electrons. The van der Waals surface area contributed by atoms with Crippen LogP contribution in [0.15, 0.2) is 126 Å². The highest BCUT2D eigenvalue weighted by Crippen LogP contribution is 2.36. The van der Waals surface area contributed by atoms with Crippen molar-refractivity contribution < 1.29 is 4.42 Å². The van der Waals surface area contributed by atoms with Crippen molar-refractivity contribution in [3.8, 4) is 11.1 Å². The summed E-state index contributed by atoms with van der Waals surface area (Å²) >= 11 is 0. The molecule has 0 N–H and O–H groups in total. The van der Waals surface area contributed by atoms with Crippen LogP contribution in [-0.4, -0.2) is 0 Å². The first-order valence-electron chi connectivity index (χ1n) is 11.7. The van der Waals surface area contributed by atoms with E-state index in [1.165, 1.54) is 54.6 Å². The molecule has 1 heterocycles. The average Bonchev–Trinajstić information content (AvgIpc) is 3.29. The van der Waals surface area contributed by atoms with E-state index in [2.05, 4.69) is 121 Å². The summed E-state index contributed by atoms with van der Waals surface area (Å²) in [6.45, 7) is 0. The lowest BCUT2D eigenvalue weighted by atomic mass is 9.97. The molecule has 0 aliphatic rings. The zero-order valence-electron chi connectivity index (χ0n) is 18.7. The zero-order chi connectivity index (χ0) is 22.5. The SMILES string of the molecule is c1ccc2cc(-c3ccc(Cc4cccc5c4oc4ccc6ccccc6c45)cc3)ccc2c1. The summed E-state index contributed by atoms with van der Waals surface area (Å²) < 4.78 is 6.40. The lowest BCUT2D eigenvalue weighted by Gasteiger charge is -2.07. The quantitative estimate of drug-likeness (QED) is 0.270. The molecule has 0 spiro atoms. The van der Waals surface area contributed by atoms with Gasteiger partial charge in [0.05, 0.1) is 0 Å². The van der Waals surface area contributed by atoms with Crippen LogP contribution in [0.1, 0.15) is 11.1 Å². The van der Waals surface area contributed by atoms with Crippen LogP contribution in [0, 0.1) is 0 Å². The van der Waals surface area contributed by atoms with E-state index >= 15 is 0 Å². The van der Waals surface area contributed by atoms with Gasteiger partial charge in [-0.25, -0.2) is 0 Å². The number of furan rings is 1. The molecule has 1 heteroatoms. The molecule has 0 aliphatic heterocycles. The molecule has 6 aromatic carbocycles. The molecule has 0 saturated carbocycles. The highest BCUT2D eigenvalue weighted by atomic mass is 16.3. The minimum absolute atomic E-state index is 0.840. The van der Waals surface area contributed by atoms with Crippen molar-refractivity contribution in [3.63, 3.8) is 0 Å². The second-order valence-corrected chi connectivity index (χ2v) is 8.99. The molecule has 0 amide bonds. The summed E-state index contributed by atoms with van der Waals surface area (Å²) in [6.07, 6.45) is 0.840. The predicted molar refractivity (Wildman–Crippen MR) is 143 cm³/mol. The fourth-order valence-corrected chi connectivity index (χ4v) is 5.17. The second-order valence-electron chi connectivity index (χ2n) is 8.99. The Morgan fingerprint density at radius 3 is 2.09 bits per heavy atom. The van der Waals surface area contributed by atoms with Crippen LogP contribution in [0.25, 0.3) is 54.6 Å². The maximum absolute atomic E-state index is 6.40. The van der Waals surface area contributed by atoms with E-state index in [0.29, 0.717) is 0 Å². The van der Waals surface area contributed by atoms with Gasteiger partial charge in [-0.2, -0.15) is 0 Å². The molecule has 7 rings (SSSR count). The van der Waals surface area contributed by atoms with Gasteiger partial charge in [-0.15, -0.1) is 0 Å². The van der Waals surface area contributed by atoms with Crippen molar-refractivity contribution in [3.05, 3.63) is 132 Å². The van der Waals surface area contributed by atoms with Gasteiger partial charge in [0, 0.05) is 17.2 Å². The number of hydrogen-bond acceptors (Lipinski definition) is 1. The van der Waals surface area contributed by atoms with Gasteiger partial charge in [-0.3, -0.25) is 0 Å². The summed E-state index contributed by atoms with van der Waals surface area (Å²) in [5.74, 6) is 0. The van der Waals surface area contributed by atoms with E-state index in [9.17, 15) is 0 Å². The van der Waals surface area contributed by atoms with Crippen molar-refractivity contribution in [1.82, 2.24) is 0 Å². The average molecular weight is 435 g/mol. The monoisotopic (exact) mass is 434 g/mol. The Morgan fingerprint density at radius 2 is 1.21 bits per heavy atom. The van der Waals surface area contributed by atoms with Crippen molar-refractivity contribution in [2.24, 2.45) is 0 Å². The third-order valence-corrected chi connectivity index (χ3v) is 6.90. The Labute approximate surface area is 197 Å². The maximum Gasteiger partial charge on any atom is 0.138 e. The minimum atomic E-state index is 0.840. The lowest BCUT2D eigenvalue weighted by molar-refractivity contribution is 0.664. The molecule has 0 aliphatic carbocycles. The van der Waals surface area contributed by atoms with E-state index in [0.717, 1.165) is 17.6 Å². The van der Waals surface area contributed by atoms with Gasteiger partial charge in [0.1, 0.15) is 11.2 Å². The number of benzene rings is 6. The molecule has 0 saturated heterocycles. The van der Waals surface area contributed by atoms with Gasteiger partial charge in [0.15, 0.2) is 0 Å². The van der Waals surface area contributed by atoms with Gasteiger partial charge in [0.25, 0.3) is 0 Å². The molecule has 0 radical (unpaired) electrons. The number of rotatable bonds is 3. The van der Waals surface area contributed by atoms with Crippen LogP contribution in [0.4, 0.5) is 0 Å². The second kappa shape index (κ2) is 7.60. The van der Waals surface area contributed by atoms with Gasteiger partial charge in [-0.1, -0.05) is 109 Å². The first-order chi connectivity index (χ1) is 16.8. The molecule has 1 nitrogen and oxygen atoms in total. The predicted octanol–water partition coefficient (Wildman–Crippen LogP) is 9.15. The van der Waals surface area contributed by atoms with Crippen LogP contribution < -0.4 is 0 Å². The van der Waals surface area contributed by atoms with E-state index in [1.54, 1.807) is 0 Å². The fourth-order valence-electron chi connectivity index (χ4n) is 5.17. The Balaban J connectivity index is 1.26. The molecule has 0 atom stereocenters. The van der Waals surface area contributed by atoms with Crippen molar-refractivity contribution in [2.45, 2.75) is 6.42 Å². The van der Waals surface area contributed by atoms with Crippen molar-refractivity contribution in [1.29, 1.82) is 0 Å². The van der Waals surface area contributed by atoms with Gasteiger partial charge < -0.3 is 4.42 Å². The van der Waals surface area contributed by atoms with Crippen LogP contribution in [0.2, 0.25) is 0 Å². The lowest BCUT2D eigenvalue weighted by Crippen LogP contribution is -1.89. The first-order valence-corrected chi connectivity index (χ1v) is 11.7. The third kappa shape index (κ3) is 3.09. The standard InChI is InChI=1S/C33H22O/c1-2-8-26-21-27(17-16-23(26)6-1)24-14-12-22(13-15-24)20-28-9-5-11-30-32-29-10-4-3-7-25(29)18-19-31(32)34-33(28)30/h1-19,21H,20H2. The largest absolute Gasteiger partial charge is 0.456 e. The molecule has 34 heavy (non-hydrogen) atoms. The maximum atomic E-state index is 6.40. The molecule has 7 aromatic rings. The Morgan fingerprint density at radius 1 is 0.500 bits per heavy atom. The van der Waals surface area contributed by atoms with Crippen LogP contribution >= 0.6 is 0 Å². The van der Waals surface area contributed by atoms with Crippen LogP contribution in [-0.2, 0) is 6.42 Å². The smallest absolute Gasteiger partial charge is 0.138 e. The highest BCUT2D eigenvalue weighted by molar-refractivity contribution is 6.19. The molecular weight excluding hydrogens is 412 g/mol.